The van der Waals surface area contributed by atoms with Gasteiger partial charge < -0.3 is 4.74 Å². The van der Waals surface area contributed by atoms with Crippen LogP contribution in [0.2, 0.25) is 10.0 Å². The molecule has 0 aliphatic rings. The van der Waals surface area contributed by atoms with Crippen LogP contribution in [0.3, 0.4) is 0 Å². The molecule has 6 heteroatoms. The number of hydrogen-bond donors (Lipinski definition) is 0. The minimum atomic E-state index is -0.909. The zero-order valence-electron chi connectivity index (χ0n) is 10.4. The van der Waals surface area contributed by atoms with Crippen LogP contribution in [0.4, 0.5) is 0 Å². The lowest BCUT2D eigenvalue weighted by atomic mass is 9.95. The van der Waals surface area contributed by atoms with Crippen molar-refractivity contribution in [3.8, 4) is 11.8 Å². The summed E-state index contributed by atoms with van der Waals surface area (Å²) in [6.07, 6.45) is 0. The summed E-state index contributed by atoms with van der Waals surface area (Å²) < 4.78 is 5.04. The normalized spacial score (nSPS) is 11.7. The highest BCUT2D eigenvalue weighted by atomic mass is 35.5. The second-order valence-electron chi connectivity index (χ2n) is 3.95. The predicted molar refractivity (Wildman–Crippen MR) is 80.0 cm³/mol. The van der Waals surface area contributed by atoms with Crippen molar-refractivity contribution in [3.63, 3.8) is 0 Å². The van der Waals surface area contributed by atoms with E-state index in [0.29, 0.717) is 26.2 Å². The van der Waals surface area contributed by atoms with Gasteiger partial charge in [-0.2, -0.15) is 5.26 Å². The Morgan fingerprint density at radius 2 is 2.10 bits per heavy atom. The Labute approximate surface area is 130 Å². The van der Waals surface area contributed by atoms with Crippen molar-refractivity contribution in [1.29, 1.82) is 5.26 Å². The van der Waals surface area contributed by atoms with Crippen molar-refractivity contribution in [1.82, 2.24) is 0 Å². The number of carbonyl (C=O) groups excluding carboxylic acids is 1. The molecular formula is C14H9Cl2NO2S. The summed E-state index contributed by atoms with van der Waals surface area (Å²) in [6.45, 7) is 0. The highest BCUT2D eigenvalue weighted by Crippen LogP contribution is 2.30. The number of rotatable bonds is 4. The Bertz CT molecular complexity index is 691. The van der Waals surface area contributed by atoms with Crippen molar-refractivity contribution in [2.75, 3.05) is 7.11 Å². The third kappa shape index (κ3) is 2.96. The van der Waals surface area contributed by atoms with Gasteiger partial charge in [-0.05, 0) is 17.7 Å². The van der Waals surface area contributed by atoms with Crippen LogP contribution in [0.25, 0.3) is 0 Å². The van der Waals surface area contributed by atoms with Gasteiger partial charge in [0.2, 0.25) is 0 Å². The maximum atomic E-state index is 12.4. The second kappa shape index (κ2) is 6.27. The largest absolute Gasteiger partial charge is 0.496 e. The van der Waals surface area contributed by atoms with Crippen molar-refractivity contribution in [3.05, 3.63) is 50.1 Å². The lowest BCUT2D eigenvalue weighted by Crippen LogP contribution is -2.09. The SMILES string of the molecule is COc1csc(C(=O)C(C#N)c2ccc(Cl)c(Cl)c2)c1. The molecule has 3 nitrogen and oxygen atoms in total. The topological polar surface area (TPSA) is 50.1 Å². The molecule has 0 amide bonds. The van der Waals surface area contributed by atoms with Crippen molar-refractivity contribution < 1.29 is 9.53 Å². The Morgan fingerprint density at radius 3 is 2.65 bits per heavy atom. The van der Waals surface area contributed by atoms with Crippen LogP contribution < -0.4 is 4.74 Å². The zero-order valence-corrected chi connectivity index (χ0v) is 12.7. The first-order valence-corrected chi connectivity index (χ1v) is 7.21. The van der Waals surface area contributed by atoms with Gasteiger partial charge in [0.25, 0.3) is 0 Å². The summed E-state index contributed by atoms with van der Waals surface area (Å²) >= 11 is 13.0. The lowest BCUT2D eigenvalue weighted by molar-refractivity contribution is 0.0982. The number of carbonyl (C=O) groups is 1. The fourth-order valence-electron chi connectivity index (χ4n) is 1.67. The Morgan fingerprint density at radius 1 is 1.35 bits per heavy atom. The minimum Gasteiger partial charge on any atom is -0.496 e. The van der Waals surface area contributed by atoms with E-state index in [2.05, 4.69) is 0 Å². The van der Waals surface area contributed by atoms with Crippen LogP contribution in [0.15, 0.2) is 29.6 Å². The molecule has 2 rings (SSSR count). The molecule has 102 valence electrons. The van der Waals surface area contributed by atoms with Gasteiger partial charge in [0.1, 0.15) is 11.7 Å². The second-order valence-corrected chi connectivity index (χ2v) is 5.68. The molecule has 0 fully saturated rings. The first-order valence-electron chi connectivity index (χ1n) is 5.58. The van der Waals surface area contributed by atoms with Crippen molar-refractivity contribution in [2.45, 2.75) is 5.92 Å². The van der Waals surface area contributed by atoms with E-state index in [1.165, 1.54) is 18.4 Å². The molecule has 0 saturated carbocycles. The first kappa shape index (κ1) is 14.9. The number of thiophene rings is 1. The molecular weight excluding hydrogens is 317 g/mol. The van der Waals surface area contributed by atoms with Crippen LogP contribution >= 0.6 is 34.5 Å². The number of hydrogen-bond acceptors (Lipinski definition) is 4. The smallest absolute Gasteiger partial charge is 0.194 e. The third-order valence-corrected chi connectivity index (χ3v) is 4.38. The molecule has 20 heavy (non-hydrogen) atoms. The fraction of sp³-hybridized carbons (Fsp3) is 0.143. The van der Waals surface area contributed by atoms with Crippen LogP contribution in [0.1, 0.15) is 21.2 Å². The molecule has 1 aromatic heterocycles. The van der Waals surface area contributed by atoms with Gasteiger partial charge in [-0.15, -0.1) is 11.3 Å². The summed E-state index contributed by atoms with van der Waals surface area (Å²) in [4.78, 5) is 12.8. The summed E-state index contributed by atoms with van der Waals surface area (Å²) in [7, 11) is 1.52. The lowest BCUT2D eigenvalue weighted by Gasteiger charge is -2.08. The van der Waals surface area contributed by atoms with Crippen LogP contribution in [0, 0.1) is 11.3 Å². The van der Waals surface area contributed by atoms with E-state index in [9.17, 15) is 10.1 Å². The van der Waals surface area contributed by atoms with E-state index in [-0.39, 0.29) is 5.78 Å². The standard InChI is InChI=1S/C14H9Cl2NO2S/c1-19-9-5-13(20-7-9)14(18)10(6-17)8-2-3-11(15)12(16)4-8/h2-5,7,10H,1H3. The third-order valence-electron chi connectivity index (χ3n) is 2.72. The summed E-state index contributed by atoms with van der Waals surface area (Å²) in [5.41, 5.74) is 0.527. The predicted octanol–water partition coefficient (Wildman–Crippen LogP) is 4.55. The van der Waals surface area contributed by atoms with Gasteiger partial charge >= 0.3 is 0 Å². The molecule has 1 aromatic carbocycles. The van der Waals surface area contributed by atoms with E-state index in [1.807, 2.05) is 6.07 Å². The van der Waals surface area contributed by atoms with Gasteiger partial charge in [-0.25, -0.2) is 0 Å². The molecule has 1 heterocycles. The summed E-state index contributed by atoms with van der Waals surface area (Å²) in [6, 6.07) is 8.37. The maximum absolute atomic E-state index is 12.4. The monoisotopic (exact) mass is 325 g/mol. The van der Waals surface area contributed by atoms with Crippen LogP contribution in [-0.4, -0.2) is 12.9 Å². The highest BCUT2D eigenvalue weighted by Gasteiger charge is 2.24. The minimum absolute atomic E-state index is 0.279. The summed E-state index contributed by atoms with van der Waals surface area (Å²) in [5.74, 6) is -0.587. The van der Waals surface area contributed by atoms with Gasteiger partial charge in [0, 0.05) is 11.4 Å². The Kier molecular flexibility index (Phi) is 4.66. The Balaban J connectivity index is 2.34. The number of ketones is 1. The molecule has 0 aliphatic heterocycles. The van der Waals surface area contributed by atoms with E-state index in [4.69, 9.17) is 27.9 Å². The van der Waals surface area contributed by atoms with E-state index in [0.717, 1.165) is 0 Å². The molecule has 0 spiro atoms. The van der Waals surface area contributed by atoms with Gasteiger partial charge in [0.15, 0.2) is 5.78 Å². The molecule has 0 N–H and O–H groups in total. The quantitative estimate of drug-likeness (QED) is 0.774. The van der Waals surface area contributed by atoms with Crippen molar-refractivity contribution in [2.24, 2.45) is 0 Å². The zero-order chi connectivity index (χ0) is 14.7. The van der Waals surface area contributed by atoms with E-state index < -0.39 is 5.92 Å². The number of Topliss-reactive ketones (excluding diaryl/α,β-unsaturated/α-hetero) is 1. The van der Waals surface area contributed by atoms with Crippen LogP contribution in [0.5, 0.6) is 5.75 Å². The molecule has 0 aliphatic carbocycles. The number of ether oxygens (including phenoxy) is 1. The molecule has 1 atom stereocenters. The number of benzene rings is 1. The van der Waals surface area contributed by atoms with E-state index in [1.54, 1.807) is 29.6 Å². The van der Waals surface area contributed by atoms with Gasteiger partial charge in [-0.3, -0.25) is 4.79 Å². The average Bonchev–Trinajstić information content (AvgIpc) is 2.92. The Hall–Kier alpha value is -1.54. The van der Waals surface area contributed by atoms with Gasteiger partial charge in [-0.1, -0.05) is 29.3 Å². The number of nitrogens with zero attached hydrogens (tertiary/aromatic N) is 1. The summed E-state index contributed by atoms with van der Waals surface area (Å²) in [5, 5.41) is 11.7. The number of nitriles is 1. The maximum Gasteiger partial charge on any atom is 0.194 e. The molecule has 0 bridgehead atoms. The molecule has 0 saturated heterocycles. The average molecular weight is 326 g/mol. The van der Waals surface area contributed by atoms with Crippen molar-refractivity contribution >= 4 is 40.3 Å². The molecule has 1 unspecified atom stereocenters. The fourth-order valence-corrected chi connectivity index (χ4v) is 2.81. The van der Waals surface area contributed by atoms with E-state index >= 15 is 0 Å². The molecule has 0 radical (unpaired) electrons. The van der Waals surface area contributed by atoms with Gasteiger partial charge in [0.05, 0.1) is 28.1 Å². The molecule has 2 aromatic rings. The first-order chi connectivity index (χ1) is 9.56. The number of methoxy groups -OCH3 is 1. The number of halogens is 2. The van der Waals surface area contributed by atoms with Crippen LogP contribution in [-0.2, 0) is 0 Å². The highest BCUT2D eigenvalue weighted by molar-refractivity contribution is 7.12.